The summed E-state index contributed by atoms with van der Waals surface area (Å²) in [5.74, 6) is 2.00. The van der Waals surface area contributed by atoms with E-state index in [9.17, 15) is 4.79 Å². The van der Waals surface area contributed by atoms with Gasteiger partial charge in [-0.05, 0) is 37.6 Å². The van der Waals surface area contributed by atoms with Crippen molar-refractivity contribution in [3.8, 4) is 0 Å². The van der Waals surface area contributed by atoms with E-state index in [0.29, 0.717) is 17.9 Å². The predicted octanol–water partition coefficient (Wildman–Crippen LogP) is 3.44. The van der Waals surface area contributed by atoms with Gasteiger partial charge in [-0.2, -0.15) is 0 Å². The van der Waals surface area contributed by atoms with E-state index in [-0.39, 0.29) is 5.92 Å². The van der Waals surface area contributed by atoms with E-state index in [1.54, 1.807) is 0 Å². The SMILES string of the molecule is CCC1CC(NCC2CCCCC2)CN(C(=O)C(C)C)C1. The Bertz CT molecular complexity index is 323. The third kappa shape index (κ3) is 4.98. The first-order valence-electron chi connectivity index (χ1n) is 9.12. The molecule has 1 saturated carbocycles. The van der Waals surface area contributed by atoms with Crippen LogP contribution in [0.3, 0.4) is 0 Å². The van der Waals surface area contributed by atoms with Crippen LogP contribution in [0, 0.1) is 17.8 Å². The number of piperidine rings is 1. The van der Waals surface area contributed by atoms with Crippen LogP contribution >= 0.6 is 0 Å². The van der Waals surface area contributed by atoms with E-state index >= 15 is 0 Å². The van der Waals surface area contributed by atoms with Gasteiger partial charge in [0.05, 0.1) is 0 Å². The van der Waals surface area contributed by atoms with Crippen molar-refractivity contribution < 1.29 is 4.79 Å². The summed E-state index contributed by atoms with van der Waals surface area (Å²) < 4.78 is 0. The average molecular weight is 294 g/mol. The maximum atomic E-state index is 12.3. The number of carbonyl (C=O) groups excluding carboxylic acids is 1. The predicted molar refractivity (Wildman–Crippen MR) is 88.2 cm³/mol. The zero-order valence-corrected chi connectivity index (χ0v) is 14.2. The van der Waals surface area contributed by atoms with Crippen molar-refractivity contribution in [2.24, 2.45) is 17.8 Å². The summed E-state index contributed by atoms with van der Waals surface area (Å²) in [5.41, 5.74) is 0. The summed E-state index contributed by atoms with van der Waals surface area (Å²) in [6, 6.07) is 0.508. The summed E-state index contributed by atoms with van der Waals surface area (Å²) in [6.45, 7) is 9.33. The number of nitrogens with one attached hydrogen (secondary N) is 1. The Morgan fingerprint density at radius 2 is 1.86 bits per heavy atom. The fourth-order valence-electron chi connectivity index (χ4n) is 3.92. The summed E-state index contributed by atoms with van der Waals surface area (Å²) >= 11 is 0. The van der Waals surface area contributed by atoms with Crippen molar-refractivity contribution in [1.82, 2.24) is 10.2 Å². The standard InChI is InChI=1S/C18H34N2O/c1-4-15-10-17(13-20(12-15)18(21)14(2)3)19-11-16-8-6-5-7-9-16/h14-17,19H,4-13H2,1-3H3. The van der Waals surface area contributed by atoms with Gasteiger partial charge < -0.3 is 10.2 Å². The van der Waals surface area contributed by atoms with Crippen molar-refractivity contribution in [3.05, 3.63) is 0 Å². The minimum Gasteiger partial charge on any atom is -0.341 e. The first-order valence-corrected chi connectivity index (χ1v) is 9.12. The lowest BCUT2D eigenvalue weighted by atomic mass is 9.88. The lowest BCUT2D eigenvalue weighted by Crippen LogP contribution is -2.52. The monoisotopic (exact) mass is 294 g/mol. The molecule has 0 spiro atoms. The number of likely N-dealkylation sites (tertiary alicyclic amines) is 1. The summed E-state index contributed by atoms with van der Waals surface area (Å²) in [7, 11) is 0. The minimum atomic E-state index is 0.125. The lowest BCUT2D eigenvalue weighted by molar-refractivity contribution is -0.136. The maximum Gasteiger partial charge on any atom is 0.225 e. The van der Waals surface area contributed by atoms with Gasteiger partial charge in [0, 0.05) is 25.0 Å². The molecular formula is C18H34N2O. The molecule has 1 amide bonds. The van der Waals surface area contributed by atoms with E-state index in [1.807, 2.05) is 13.8 Å². The number of hydrogen-bond donors (Lipinski definition) is 1. The molecule has 1 saturated heterocycles. The third-order valence-corrected chi connectivity index (χ3v) is 5.34. The van der Waals surface area contributed by atoms with Crippen molar-refractivity contribution in [2.45, 2.75) is 71.8 Å². The van der Waals surface area contributed by atoms with Crippen LogP contribution in [0.1, 0.15) is 65.7 Å². The molecule has 1 aliphatic heterocycles. The molecule has 0 aromatic carbocycles. The van der Waals surface area contributed by atoms with Gasteiger partial charge in [0.15, 0.2) is 0 Å². The van der Waals surface area contributed by atoms with Crippen LogP contribution in [0.25, 0.3) is 0 Å². The highest BCUT2D eigenvalue weighted by Gasteiger charge is 2.30. The third-order valence-electron chi connectivity index (χ3n) is 5.34. The summed E-state index contributed by atoms with van der Waals surface area (Å²) in [6.07, 6.45) is 9.46. The molecule has 2 atom stereocenters. The first-order chi connectivity index (χ1) is 10.1. The molecule has 3 heteroatoms. The molecule has 21 heavy (non-hydrogen) atoms. The maximum absolute atomic E-state index is 12.3. The molecule has 3 nitrogen and oxygen atoms in total. The molecule has 2 aliphatic rings. The van der Waals surface area contributed by atoms with E-state index in [1.165, 1.54) is 44.9 Å². The first kappa shape index (κ1) is 16.8. The Morgan fingerprint density at radius 3 is 2.48 bits per heavy atom. The van der Waals surface area contributed by atoms with E-state index in [4.69, 9.17) is 0 Å². The largest absolute Gasteiger partial charge is 0.341 e. The van der Waals surface area contributed by atoms with Crippen LogP contribution < -0.4 is 5.32 Å². The number of amides is 1. The van der Waals surface area contributed by atoms with Crippen LogP contribution in [0.4, 0.5) is 0 Å². The Kier molecular flexibility index (Phi) is 6.53. The molecule has 2 unspecified atom stereocenters. The van der Waals surface area contributed by atoms with Gasteiger partial charge in [0.1, 0.15) is 0 Å². The number of rotatable bonds is 5. The molecule has 1 N–H and O–H groups in total. The number of hydrogen-bond acceptors (Lipinski definition) is 2. The van der Waals surface area contributed by atoms with Gasteiger partial charge in [-0.3, -0.25) is 4.79 Å². The molecule has 1 aliphatic carbocycles. The van der Waals surface area contributed by atoms with Crippen molar-refractivity contribution in [3.63, 3.8) is 0 Å². The van der Waals surface area contributed by atoms with Crippen LogP contribution in [-0.4, -0.2) is 36.5 Å². The van der Waals surface area contributed by atoms with Crippen LogP contribution in [0.2, 0.25) is 0 Å². The highest BCUT2D eigenvalue weighted by molar-refractivity contribution is 5.78. The van der Waals surface area contributed by atoms with Crippen LogP contribution in [0.15, 0.2) is 0 Å². The second kappa shape index (κ2) is 8.17. The molecule has 2 fully saturated rings. The van der Waals surface area contributed by atoms with Gasteiger partial charge in [-0.25, -0.2) is 0 Å². The Morgan fingerprint density at radius 1 is 1.14 bits per heavy atom. The molecule has 0 bridgehead atoms. The van der Waals surface area contributed by atoms with Crippen LogP contribution in [-0.2, 0) is 4.79 Å². The Labute approximate surface area is 130 Å². The molecule has 0 radical (unpaired) electrons. The highest BCUT2D eigenvalue weighted by atomic mass is 16.2. The molecule has 122 valence electrons. The van der Waals surface area contributed by atoms with Gasteiger partial charge in [-0.1, -0.05) is 46.5 Å². The van der Waals surface area contributed by atoms with E-state index in [0.717, 1.165) is 25.6 Å². The van der Waals surface area contributed by atoms with Crippen molar-refractivity contribution in [1.29, 1.82) is 0 Å². The van der Waals surface area contributed by atoms with E-state index < -0.39 is 0 Å². The Hall–Kier alpha value is -0.570. The van der Waals surface area contributed by atoms with E-state index in [2.05, 4.69) is 17.1 Å². The Balaban J connectivity index is 1.84. The zero-order chi connectivity index (χ0) is 15.2. The average Bonchev–Trinajstić information content (AvgIpc) is 2.52. The smallest absolute Gasteiger partial charge is 0.225 e. The van der Waals surface area contributed by atoms with Crippen molar-refractivity contribution in [2.75, 3.05) is 19.6 Å². The second-order valence-corrected chi connectivity index (χ2v) is 7.52. The molecule has 1 heterocycles. The lowest BCUT2D eigenvalue weighted by Gasteiger charge is -2.39. The molecule has 0 aromatic heterocycles. The second-order valence-electron chi connectivity index (χ2n) is 7.52. The summed E-state index contributed by atoms with van der Waals surface area (Å²) in [5, 5.41) is 3.79. The quantitative estimate of drug-likeness (QED) is 0.842. The van der Waals surface area contributed by atoms with Crippen molar-refractivity contribution >= 4 is 5.91 Å². The molecular weight excluding hydrogens is 260 g/mol. The molecule has 2 rings (SSSR count). The summed E-state index contributed by atoms with van der Waals surface area (Å²) in [4.78, 5) is 14.4. The topological polar surface area (TPSA) is 32.3 Å². The highest BCUT2D eigenvalue weighted by Crippen LogP contribution is 2.25. The van der Waals surface area contributed by atoms with Gasteiger partial charge in [-0.15, -0.1) is 0 Å². The minimum absolute atomic E-state index is 0.125. The zero-order valence-electron chi connectivity index (χ0n) is 14.2. The normalized spacial score (nSPS) is 28.1. The van der Waals surface area contributed by atoms with Gasteiger partial charge in [0.25, 0.3) is 0 Å². The number of carbonyl (C=O) groups is 1. The fraction of sp³-hybridized carbons (Fsp3) is 0.944. The van der Waals surface area contributed by atoms with Gasteiger partial charge in [0.2, 0.25) is 5.91 Å². The van der Waals surface area contributed by atoms with Crippen LogP contribution in [0.5, 0.6) is 0 Å². The number of nitrogens with zero attached hydrogens (tertiary/aromatic N) is 1. The fourth-order valence-corrected chi connectivity index (χ4v) is 3.92. The molecule has 0 aromatic rings. The van der Waals surface area contributed by atoms with Gasteiger partial charge >= 0.3 is 0 Å².